The van der Waals surface area contributed by atoms with Gasteiger partial charge in [-0.1, -0.05) is 38.2 Å². The van der Waals surface area contributed by atoms with Crippen LogP contribution in [0.25, 0.3) is 0 Å². The van der Waals surface area contributed by atoms with Gasteiger partial charge >= 0.3 is 0 Å². The molecule has 1 aromatic carbocycles. The number of nitrogens with one attached hydrogen (secondary N) is 1. The van der Waals surface area contributed by atoms with Gasteiger partial charge in [0.1, 0.15) is 5.75 Å². The second-order valence-corrected chi connectivity index (χ2v) is 6.40. The Kier molecular flexibility index (Phi) is 4.62. The number of hydrogen-bond donors (Lipinski definition) is 1. The summed E-state index contributed by atoms with van der Waals surface area (Å²) in [6, 6.07) is 7.09. The molecule has 1 aromatic rings. The molecule has 20 heavy (non-hydrogen) atoms. The Morgan fingerprint density at radius 1 is 1.15 bits per heavy atom. The lowest BCUT2D eigenvalue weighted by Gasteiger charge is -2.23. The molecule has 2 aliphatic rings. The second-order valence-electron chi connectivity index (χ2n) is 6.40. The minimum Gasteiger partial charge on any atom is -0.497 e. The van der Waals surface area contributed by atoms with Crippen LogP contribution in [-0.4, -0.2) is 13.7 Å². The van der Waals surface area contributed by atoms with Crippen molar-refractivity contribution in [1.82, 2.24) is 5.32 Å². The molecule has 0 spiro atoms. The predicted octanol–water partition coefficient (Wildman–Crippen LogP) is 4.24. The average molecular weight is 273 g/mol. The molecule has 0 aliphatic heterocycles. The number of hydrogen-bond acceptors (Lipinski definition) is 2. The first-order valence-corrected chi connectivity index (χ1v) is 8.27. The van der Waals surface area contributed by atoms with Gasteiger partial charge < -0.3 is 10.1 Å². The summed E-state index contributed by atoms with van der Waals surface area (Å²) in [4.78, 5) is 0. The monoisotopic (exact) mass is 273 g/mol. The van der Waals surface area contributed by atoms with E-state index in [0.29, 0.717) is 6.04 Å². The van der Waals surface area contributed by atoms with E-state index in [2.05, 4.69) is 23.5 Å². The Hall–Kier alpha value is -1.02. The van der Waals surface area contributed by atoms with E-state index in [-0.39, 0.29) is 0 Å². The van der Waals surface area contributed by atoms with Gasteiger partial charge in [-0.25, -0.2) is 0 Å². The maximum absolute atomic E-state index is 5.36. The largest absolute Gasteiger partial charge is 0.497 e. The first-order valence-electron chi connectivity index (χ1n) is 8.27. The summed E-state index contributed by atoms with van der Waals surface area (Å²) in [7, 11) is 1.75. The van der Waals surface area contributed by atoms with Crippen molar-refractivity contribution in [3.05, 3.63) is 29.3 Å². The molecule has 0 saturated heterocycles. The van der Waals surface area contributed by atoms with Crippen molar-refractivity contribution in [2.24, 2.45) is 5.92 Å². The molecular formula is C18H27NO. The number of methoxy groups -OCH3 is 1. The maximum atomic E-state index is 5.36. The van der Waals surface area contributed by atoms with E-state index in [9.17, 15) is 0 Å². The van der Waals surface area contributed by atoms with Crippen molar-refractivity contribution in [2.45, 2.75) is 57.4 Å². The Labute approximate surface area is 122 Å². The van der Waals surface area contributed by atoms with Gasteiger partial charge in [-0.3, -0.25) is 0 Å². The lowest BCUT2D eigenvalue weighted by Crippen LogP contribution is -2.23. The van der Waals surface area contributed by atoms with Crippen molar-refractivity contribution >= 4 is 0 Å². The summed E-state index contributed by atoms with van der Waals surface area (Å²) in [5.74, 6) is 1.96. The van der Waals surface area contributed by atoms with E-state index in [0.717, 1.165) is 11.7 Å². The Morgan fingerprint density at radius 2 is 2.00 bits per heavy atom. The third kappa shape index (κ3) is 3.17. The number of rotatable bonds is 5. The molecule has 0 bridgehead atoms. The number of benzene rings is 1. The predicted molar refractivity (Wildman–Crippen MR) is 83.3 cm³/mol. The van der Waals surface area contributed by atoms with Crippen LogP contribution in [0.5, 0.6) is 5.75 Å². The van der Waals surface area contributed by atoms with Gasteiger partial charge in [-0.2, -0.15) is 0 Å². The van der Waals surface area contributed by atoms with Crippen LogP contribution in [0.3, 0.4) is 0 Å². The molecule has 1 unspecified atom stereocenters. The molecule has 110 valence electrons. The van der Waals surface area contributed by atoms with E-state index < -0.39 is 0 Å². The van der Waals surface area contributed by atoms with Crippen LogP contribution in [0.1, 0.15) is 62.1 Å². The first-order chi connectivity index (χ1) is 9.86. The highest BCUT2D eigenvalue weighted by atomic mass is 16.5. The van der Waals surface area contributed by atoms with Crippen molar-refractivity contribution in [1.29, 1.82) is 0 Å². The molecule has 0 heterocycles. The topological polar surface area (TPSA) is 21.3 Å². The summed E-state index contributed by atoms with van der Waals surface area (Å²) in [6.45, 7) is 1.17. The van der Waals surface area contributed by atoms with Gasteiger partial charge in [0.2, 0.25) is 0 Å². The summed E-state index contributed by atoms with van der Waals surface area (Å²) in [6.07, 6.45) is 11.1. The normalized spacial score (nSPS) is 22.8. The molecule has 1 N–H and O–H groups in total. The fourth-order valence-corrected chi connectivity index (χ4v) is 3.86. The van der Waals surface area contributed by atoms with Crippen LogP contribution in [0.15, 0.2) is 18.2 Å². The quantitative estimate of drug-likeness (QED) is 0.866. The van der Waals surface area contributed by atoms with Gasteiger partial charge in [-0.15, -0.1) is 0 Å². The van der Waals surface area contributed by atoms with Crippen molar-refractivity contribution < 1.29 is 4.74 Å². The van der Waals surface area contributed by atoms with Crippen LogP contribution >= 0.6 is 0 Å². The van der Waals surface area contributed by atoms with Crippen LogP contribution in [0, 0.1) is 5.92 Å². The molecule has 1 atom stereocenters. The summed E-state index contributed by atoms with van der Waals surface area (Å²) >= 11 is 0. The number of ether oxygens (including phenoxy) is 1. The summed E-state index contributed by atoms with van der Waals surface area (Å²) in [5, 5.41) is 3.78. The Morgan fingerprint density at radius 3 is 2.80 bits per heavy atom. The number of aryl methyl sites for hydroxylation is 1. The molecule has 3 rings (SSSR count). The molecule has 0 radical (unpaired) electrons. The van der Waals surface area contributed by atoms with Crippen molar-refractivity contribution in [3.63, 3.8) is 0 Å². The molecule has 2 aliphatic carbocycles. The summed E-state index contributed by atoms with van der Waals surface area (Å²) in [5.41, 5.74) is 2.97. The van der Waals surface area contributed by atoms with Gasteiger partial charge in [0.25, 0.3) is 0 Å². The lowest BCUT2D eigenvalue weighted by molar-refractivity contribution is 0.327. The maximum Gasteiger partial charge on any atom is 0.119 e. The number of fused-ring (bicyclic) bond motifs is 1. The highest BCUT2D eigenvalue weighted by Gasteiger charge is 2.22. The fraction of sp³-hybridized carbons (Fsp3) is 0.667. The van der Waals surface area contributed by atoms with E-state index >= 15 is 0 Å². The van der Waals surface area contributed by atoms with Crippen molar-refractivity contribution in [2.75, 3.05) is 13.7 Å². The van der Waals surface area contributed by atoms with Gasteiger partial charge in [0.15, 0.2) is 0 Å². The zero-order chi connectivity index (χ0) is 13.8. The Bertz CT molecular complexity index is 437. The molecule has 0 amide bonds. The molecule has 1 fully saturated rings. The molecule has 0 aromatic heterocycles. The van der Waals surface area contributed by atoms with Crippen LogP contribution < -0.4 is 10.1 Å². The minimum atomic E-state index is 0.545. The summed E-state index contributed by atoms with van der Waals surface area (Å²) < 4.78 is 5.36. The van der Waals surface area contributed by atoms with E-state index in [1.54, 1.807) is 7.11 Å². The fourth-order valence-electron chi connectivity index (χ4n) is 3.86. The highest BCUT2D eigenvalue weighted by molar-refractivity contribution is 5.40. The standard InChI is InChI=1S/C18H27NO/c1-20-16-9-7-15-8-10-18(17(15)13-16)19-12-11-14-5-3-2-4-6-14/h7,9,13-14,18-19H,2-6,8,10-12H2,1H3. The zero-order valence-corrected chi connectivity index (χ0v) is 12.7. The molecular weight excluding hydrogens is 246 g/mol. The van der Waals surface area contributed by atoms with E-state index in [1.807, 2.05) is 0 Å². The van der Waals surface area contributed by atoms with Crippen LogP contribution in [0.4, 0.5) is 0 Å². The molecule has 2 nitrogen and oxygen atoms in total. The molecule has 1 saturated carbocycles. The van der Waals surface area contributed by atoms with Gasteiger partial charge in [-0.05, 0) is 55.0 Å². The molecule has 2 heteroatoms. The average Bonchev–Trinajstić information content (AvgIpc) is 2.91. The van der Waals surface area contributed by atoms with E-state index in [1.165, 1.54) is 69.0 Å². The third-order valence-electron chi connectivity index (χ3n) is 5.10. The third-order valence-corrected chi connectivity index (χ3v) is 5.10. The first kappa shape index (κ1) is 13.9. The van der Waals surface area contributed by atoms with Gasteiger partial charge in [0, 0.05) is 6.04 Å². The second kappa shape index (κ2) is 6.62. The SMILES string of the molecule is COc1ccc2c(c1)C(NCCC1CCCCC1)CC2. The van der Waals surface area contributed by atoms with E-state index in [4.69, 9.17) is 4.74 Å². The van der Waals surface area contributed by atoms with Crippen LogP contribution in [0.2, 0.25) is 0 Å². The minimum absolute atomic E-state index is 0.545. The highest BCUT2D eigenvalue weighted by Crippen LogP contribution is 2.34. The van der Waals surface area contributed by atoms with Crippen molar-refractivity contribution in [3.8, 4) is 5.75 Å². The zero-order valence-electron chi connectivity index (χ0n) is 12.7. The smallest absolute Gasteiger partial charge is 0.119 e. The van der Waals surface area contributed by atoms with Gasteiger partial charge in [0.05, 0.1) is 7.11 Å². The van der Waals surface area contributed by atoms with Crippen LogP contribution in [-0.2, 0) is 6.42 Å². The lowest BCUT2D eigenvalue weighted by atomic mass is 9.87. The Balaban J connectivity index is 1.52.